The van der Waals surface area contributed by atoms with Crippen molar-refractivity contribution in [2.45, 2.75) is 0 Å². The van der Waals surface area contributed by atoms with E-state index in [0.29, 0.717) is 17.1 Å². The number of carbonyl (C=O) groups excluding carboxylic acids is 1. The van der Waals surface area contributed by atoms with Gasteiger partial charge in [0, 0.05) is 0 Å². The molecule has 0 aromatic heterocycles. The van der Waals surface area contributed by atoms with Crippen LogP contribution in [-0.4, -0.2) is 19.7 Å². The van der Waals surface area contributed by atoms with Gasteiger partial charge in [-0.3, -0.25) is 4.79 Å². The Labute approximate surface area is 149 Å². The maximum absolute atomic E-state index is 12.8. The van der Waals surface area contributed by atoms with E-state index < -0.39 is 0 Å². The van der Waals surface area contributed by atoms with Gasteiger partial charge in [0.05, 0.1) is 14.2 Å². The van der Waals surface area contributed by atoms with Crippen molar-refractivity contribution in [1.29, 1.82) is 0 Å². The molecule has 126 valence electrons. The predicted molar refractivity (Wildman–Crippen MR) is 104 cm³/mol. The summed E-state index contributed by atoms with van der Waals surface area (Å²) in [6.45, 7) is 0. The van der Waals surface area contributed by atoms with E-state index in [2.05, 4.69) is 12.1 Å². The average molecular weight is 350 g/mol. The van der Waals surface area contributed by atoms with Crippen LogP contribution in [0.3, 0.4) is 0 Å². The van der Waals surface area contributed by atoms with Gasteiger partial charge in [-0.2, -0.15) is 0 Å². The van der Waals surface area contributed by atoms with Gasteiger partial charge in [-0.25, -0.2) is 0 Å². The molecule has 0 saturated carbocycles. The van der Waals surface area contributed by atoms with Crippen molar-refractivity contribution in [1.82, 2.24) is 0 Å². The second kappa shape index (κ2) is 7.96. The average Bonchev–Trinajstić information content (AvgIpc) is 2.68. The van der Waals surface area contributed by atoms with Crippen molar-refractivity contribution >= 4 is 19.4 Å². The lowest BCUT2D eigenvalue weighted by molar-refractivity contribution is 0.108. The number of benzene rings is 3. The summed E-state index contributed by atoms with van der Waals surface area (Å²) in [7, 11) is 3.13. The van der Waals surface area contributed by atoms with Crippen LogP contribution in [0.4, 0.5) is 0 Å². The molecule has 3 aromatic carbocycles. The molecule has 1 atom stereocenters. The summed E-state index contributed by atoms with van der Waals surface area (Å²) in [5.74, 6) is 1.08. The van der Waals surface area contributed by atoms with Crippen LogP contribution in [0.2, 0.25) is 0 Å². The maximum Gasteiger partial charge on any atom is 0.193 e. The fourth-order valence-corrected chi connectivity index (χ4v) is 3.61. The third kappa shape index (κ3) is 3.89. The third-order valence-corrected chi connectivity index (χ3v) is 5.00. The van der Waals surface area contributed by atoms with Crippen LogP contribution in [-0.2, 0) is 0 Å². The molecule has 25 heavy (non-hydrogen) atoms. The van der Waals surface area contributed by atoms with E-state index in [9.17, 15) is 4.79 Å². The van der Waals surface area contributed by atoms with Gasteiger partial charge in [-0.15, -0.1) is 0 Å². The molecule has 0 amide bonds. The molecular weight excluding hydrogens is 331 g/mol. The minimum absolute atomic E-state index is 0.00163. The SMILES string of the molecule is COc1cccc(OC)c1C(=O)Pc1ccc(-c2ccccc2)cc1. The summed E-state index contributed by atoms with van der Waals surface area (Å²) < 4.78 is 10.7. The van der Waals surface area contributed by atoms with E-state index in [0.717, 1.165) is 16.4 Å². The van der Waals surface area contributed by atoms with Gasteiger partial charge < -0.3 is 9.47 Å². The smallest absolute Gasteiger partial charge is 0.193 e. The second-order valence-electron chi connectivity index (χ2n) is 5.44. The fourth-order valence-electron chi connectivity index (χ4n) is 2.65. The molecule has 4 heteroatoms. The first-order chi connectivity index (χ1) is 12.2. The number of rotatable bonds is 6. The molecule has 0 aliphatic carbocycles. The van der Waals surface area contributed by atoms with Crippen molar-refractivity contribution in [2.24, 2.45) is 0 Å². The van der Waals surface area contributed by atoms with Gasteiger partial charge in [0.25, 0.3) is 0 Å². The largest absolute Gasteiger partial charge is 0.496 e. The Bertz CT molecular complexity index is 836. The number of carbonyl (C=O) groups is 1. The molecule has 0 heterocycles. The Balaban J connectivity index is 1.82. The molecule has 0 radical (unpaired) electrons. The van der Waals surface area contributed by atoms with E-state index >= 15 is 0 Å². The monoisotopic (exact) mass is 350 g/mol. The summed E-state index contributed by atoms with van der Waals surface area (Å²) in [4.78, 5) is 12.8. The zero-order valence-corrected chi connectivity index (χ0v) is 15.2. The normalized spacial score (nSPS) is 10.8. The molecule has 3 rings (SSSR count). The van der Waals surface area contributed by atoms with Gasteiger partial charge in [0.15, 0.2) is 5.52 Å². The molecule has 0 aliphatic heterocycles. The molecule has 0 aliphatic rings. The molecule has 1 unspecified atom stereocenters. The Hall–Kier alpha value is -2.64. The summed E-state index contributed by atoms with van der Waals surface area (Å²) in [6, 6.07) is 23.6. The van der Waals surface area contributed by atoms with Gasteiger partial charge in [-0.1, -0.05) is 60.7 Å². The Morgan fingerprint density at radius 2 is 1.28 bits per heavy atom. The first-order valence-electron chi connectivity index (χ1n) is 7.90. The fraction of sp³-hybridized carbons (Fsp3) is 0.0952. The quantitative estimate of drug-likeness (QED) is 0.614. The van der Waals surface area contributed by atoms with Crippen molar-refractivity contribution in [3.05, 3.63) is 78.4 Å². The minimum Gasteiger partial charge on any atom is -0.496 e. The highest BCUT2D eigenvalue weighted by molar-refractivity contribution is 7.66. The third-order valence-electron chi connectivity index (χ3n) is 3.90. The molecule has 0 bridgehead atoms. The van der Waals surface area contributed by atoms with Crippen molar-refractivity contribution in [3.63, 3.8) is 0 Å². The molecular formula is C21H19O3P. The van der Waals surface area contributed by atoms with Crippen molar-refractivity contribution in [3.8, 4) is 22.6 Å². The number of hydrogen-bond acceptors (Lipinski definition) is 3. The molecule has 0 spiro atoms. The standard InChI is InChI=1S/C21H19O3P/c1-23-18-9-6-10-19(24-2)20(18)21(22)25-17-13-11-16(12-14-17)15-7-4-3-5-8-15/h3-14,25H,1-2H3. The lowest BCUT2D eigenvalue weighted by Crippen LogP contribution is -2.05. The first-order valence-corrected chi connectivity index (χ1v) is 8.90. The maximum atomic E-state index is 12.8. The van der Waals surface area contributed by atoms with E-state index in [-0.39, 0.29) is 14.1 Å². The van der Waals surface area contributed by atoms with Crippen molar-refractivity contribution < 1.29 is 14.3 Å². The van der Waals surface area contributed by atoms with Crippen LogP contribution in [0.15, 0.2) is 72.8 Å². The van der Waals surface area contributed by atoms with Gasteiger partial charge in [0.2, 0.25) is 0 Å². The minimum atomic E-state index is 0.00163. The highest BCUT2D eigenvalue weighted by Crippen LogP contribution is 2.34. The Morgan fingerprint density at radius 1 is 0.720 bits per heavy atom. The summed E-state index contributed by atoms with van der Waals surface area (Å²) in [5.41, 5.74) is 2.80. The molecule has 0 N–H and O–H groups in total. The van der Waals surface area contributed by atoms with Crippen LogP contribution < -0.4 is 14.8 Å². The van der Waals surface area contributed by atoms with Gasteiger partial charge in [-0.05, 0) is 37.1 Å². The topological polar surface area (TPSA) is 35.5 Å². The van der Waals surface area contributed by atoms with Gasteiger partial charge in [0.1, 0.15) is 17.1 Å². The first kappa shape index (κ1) is 17.2. The Kier molecular flexibility index (Phi) is 5.47. The number of methoxy groups -OCH3 is 2. The highest BCUT2D eigenvalue weighted by Gasteiger charge is 2.18. The van der Waals surface area contributed by atoms with E-state index in [4.69, 9.17) is 9.47 Å². The second-order valence-corrected chi connectivity index (χ2v) is 6.72. The number of ether oxygens (including phenoxy) is 2. The lowest BCUT2D eigenvalue weighted by atomic mass is 10.1. The van der Waals surface area contributed by atoms with E-state index in [1.165, 1.54) is 0 Å². The zero-order valence-electron chi connectivity index (χ0n) is 14.2. The van der Waals surface area contributed by atoms with Crippen LogP contribution in [0.1, 0.15) is 10.4 Å². The lowest BCUT2D eigenvalue weighted by Gasteiger charge is -2.12. The number of hydrogen-bond donors (Lipinski definition) is 0. The van der Waals surface area contributed by atoms with Crippen LogP contribution >= 0.6 is 8.58 Å². The molecule has 0 saturated heterocycles. The van der Waals surface area contributed by atoms with E-state index in [1.807, 2.05) is 48.5 Å². The van der Waals surface area contributed by atoms with Crippen LogP contribution in [0, 0.1) is 0 Å². The molecule has 3 nitrogen and oxygen atoms in total. The van der Waals surface area contributed by atoms with Gasteiger partial charge >= 0.3 is 0 Å². The Morgan fingerprint density at radius 3 is 1.84 bits per heavy atom. The van der Waals surface area contributed by atoms with E-state index in [1.54, 1.807) is 26.4 Å². The zero-order chi connectivity index (χ0) is 17.6. The summed E-state index contributed by atoms with van der Waals surface area (Å²) in [6.07, 6.45) is 0. The highest BCUT2D eigenvalue weighted by atomic mass is 31.1. The summed E-state index contributed by atoms with van der Waals surface area (Å²) in [5, 5.41) is 0.984. The van der Waals surface area contributed by atoms with Crippen LogP contribution in [0.25, 0.3) is 11.1 Å². The molecule has 0 fully saturated rings. The summed E-state index contributed by atoms with van der Waals surface area (Å²) >= 11 is 0. The van der Waals surface area contributed by atoms with Crippen LogP contribution in [0.5, 0.6) is 11.5 Å². The van der Waals surface area contributed by atoms with Crippen molar-refractivity contribution in [2.75, 3.05) is 14.2 Å². The predicted octanol–water partition coefficient (Wildman–Crippen LogP) is 4.52. The molecule has 3 aromatic rings.